The lowest BCUT2D eigenvalue weighted by atomic mass is 10.1. The molecule has 1 aromatic carbocycles. The smallest absolute Gasteiger partial charge is 0.253 e. The Labute approximate surface area is 125 Å². The van der Waals surface area contributed by atoms with Crippen molar-refractivity contribution < 1.29 is 9.53 Å². The van der Waals surface area contributed by atoms with E-state index in [2.05, 4.69) is 6.92 Å². The van der Waals surface area contributed by atoms with Crippen molar-refractivity contribution >= 4 is 23.1 Å². The van der Waals surface area contributed by atoms with Crippen molar-refractivity contribution in [2.24, 2.45) is 5.73 Å². The number of methoxy groups -OCH3 is 1. The highest BCUT2D eigenvalue weighted by Gasteiger charge is 2.15. The second-order valence-corrected chi connectivity index (χ2v) is 5.08. The van der Waals surface area contributed by atoms with E-state index in [9.17, 15) is 4.79 Å². The number of hydrogen-bond acceptors (Lipinski definition) is 3. The molecule has 4 nitrogen and oxygen atoms in total. The molecule has 0 fully saturated rings. The number of nitrogens with two attached hydrogens (primary N) is 1. The Morgan fingerprint density at radius 3 is 2.45 bits per heavy atom. The number of amides is 1. The van der Waals surface area contributed by atoms with Crippen molar-refractivity contribution in [2.45, 2.75) is 19.8 Å². The summed E-state index contributed by atoms with van der Waals surface area (Å²) in [4.78, 5) is 14.6. The van der Waals surface area contributed by atoms with Gasteiger partial charge in [0.2, 0.25) is 0 Å². The maximum absolute atomic E-state index is 12.4. The summed E-state index contributed by atoms with van der Waals surface area (Å²) >= 11 is 4.87. The maximum atomic E-state index is 12.4. The second-order valence-electron chi connectivity index (χ2n) is 4.55. The predicted octanol–water partition coefficient (Wildman–Crippen LogP) is 2.01. The molecule has 0 radical (unpaired) electrons. The maximum Gasteiger partial charge on any atom is 0.253 e. The van der Waals surface area contributed by atoms with Gasteiger partial charge in [-0.15, -0.1) is 0 Å². The van der Waals surface area contributed by atoms with Gasteiger partial charge < -0.3 is 15.4 Å². The zero-order chi connectivity index (χ0) is 15.0. The van der Waals surface area contributed by atoms with Gasteiger partial charge in [0.05, 0.1) is 11.6 Å². The molecule has 0 saturated heterocycles. The standard InChI is InChI=1S/C15H22N2O2S/c1-3-12-4-6-13(7-5-12)15(18)17(10-11-19-2)9-8-14(16)20/h4-7H,3,8-11H2,1-2H3,(H2,16,20). The molecular weight excluding hydrogens is 272 g/mol. The first-order chi connectivity index (χ1) is 9.58. The Morgan fingerprint density at radius 2 is 1.95 bits per heavy atom. The van der Waals surface area contributed by atoms with Crippen molar-refractivity contribution in [1.82, 2.24) is 4.90 Å². The highest BCUT2D eigenvalue weighted by molar-refractivity contribution is 7.80. The first kappa shape index (κ1) is 16.6. The average molecular weight is 294 g/mol. The molecule has 0 aliphatic rings. The minimum absolute atomic E-state index is 0.0130. The summed E-state index contributed by atoms with van der Waals surface area (Å²) in [5, 5.41) is 0. The number of thiocarbonyl (C=S) groups is 1. The zero-order valence-corrected chi connectivity index (χ0v) is 12.9. The van der Waals surface area contributed by atoms with Gasteiger partial charge in [-0.05, 0) is 24.1 Å². The minimum Gasteiger partial charge on any atom is -0.393 e. The monoisotopic (exact) mass is 294 g/mol. The third kappa shape index (κ3) is 5.27. The molecule has 0 bridgehead atoms. The van der Waals surface area contributed by atoms with Crippen LogP contribution in [-0.2, 0) is 11.2 Å². The summed E-state index contributed by atoms with van der Waals surface area (Å²) in [7, 11) is 1.62. The molecule has 0 aliphatic carbocycles. The first-order valence-corrected chi connectivity index (χ1v) is 7.14. The fourth-order valence-corrected chi connectivity index (χ4v) is 1.92. The van der Waals surface area contributed by atoms with Gasteiger partial charge in [-0.2, -0.15) is 0 Å². The molecule has 0 aliphatic heterocycles. The Morgan fingerprint density at radius 1 is 1.30 bits per heavy atom. The SMILES string of the molecule is CCc1ccc(C(=O)N(CCOC)CCC(N)=S)cc1. The van der Waals surface area contributed by atoms with E-state index in [4.69, 9.17) is 22.7 Å². The fourth-order valence-electron chi connectivity index (χ4n) is 1.83. The Hall–Kier alpha value is -1.46. The van der Waals surface area contributed by atoms with E-state index in [1.165, 1.54) is 5.56 Å². The molecule has 0 heterocycles. The van der Waals surface area contributed by atoms with Gasteiger partial charge in [0.15, 0.2) is 0 Å². The van der Waals surface area contributed by atoms with Gasteiger partial charge in [0, 0.05) is 32.2 Å². The van der Waals surface area contributed by atoms with Crippen LogP contribution in [0.4, 0.5) is 0 Å². The first-order valence-electron chi connectivity index (χ1n) is 6.74. The largest absolute Gasteiger partial charge is 0.393 e. The third-order valence-electron chi connectivity index (χ3n) is 3.09. The van der Waals surface area contributed by atoms with Crippen molar-refractivity contribution in [1.29, 1.82) is 0 Å². The van der Waals surface area contributed by atoms with E-state index >= 15 is 0 Å². The van der Waals surface area contributed by atoms with Crippen LogP contribution in [0.15, 0.2) is 24.3 Å². The van der Waals surface area contributed by atoms with E-state index < -0.39 is 0 Å². The van der Waals surface area contributed by atoms with Crippen LogP contribution in [0, 0.1) is 0 Å². The summed E-state index contributed by atoms with van der Waals surface area (Å²) in [6.07, 6.45) is 1.49. The Balaban J connectivity index is 2.76. The van der Waals surface area contributed by atoms with Crippen molar-refractivity contribution in [3.63, 3.8) is 0 Å². The highest BCUT2D eigenvalue weighted by Crippen LogP contribution is 2.09. The van der Waals surface area contributed by atoms with Gasteiger partial charge in [0.1, 0.15) is 0 Å². The minimum atomic E-state index is -0.0130. The lowest BCUT2D eigenvalue weighted by molar-refractivity contribution is 0.0701. The number of nitrogens with zero attached hydrogens (tertiary/aromatic N) is 1. The number of carbonyl (C=O) groups is 1. The molecule has 2 N–H and O–H groups in total. The van der Waals surface area contributed by atoms with Crippen LogP contribution in [0.5, 0.6) is 0 Å². The molecule has 0 atom stereocenters. The van der Waals surface area contributed by atoms with E-state index in [0.29, 0.717) is 36.7 Å². The third-order valence-corrected chi connectivity index (χ3v) is 3.29. The predicted molar refractivity (Wildman–Crippen MR) is 85.0 cm³/mol. The van der Waals surface area contributed by atoms with Crippen LogP contribution < -0.4 is 5.73 Å². The highest BCUT2D eigenvalue weighted by atomic mass is 32.1. The molecule has 1 aromatic rings. The number of benzene rings is 1. The van der Waals surface area contributed by atoms with Crippen molar-refractivity contribution in [2.75, 3.05) is 26.8 Å². The van der Waals surface area contributed by atoms with Crippen LogP contribution in [0.25, 0.3) is 0 Å². The summed E-state index contributed by atoms with van der Waals surface area (Å²) in [6.45, 7) is 3.64. The molecule has 0 unspecified atom stereocenters. The summed E-state index contributed by atoms with van der Waals surface area (Å²) in [5.41, 5.74) is 7.41. The average Bonchev–Trinajstić information content (AvgIpc) is 2.46. The van der Waals surface area contributed by atoms with Crippen molar-refractivity contribution in [3.8, 4) is 0 Å². The molecule has 0 spiro atoms. The van der Waals surface area contributed by atoms with E-state index in [-0.39, 0.29) is 5.91 Å². The lowest BCUT2D eigenvalue weighted by Crippen LogP contribution is -2.36. The summed E-state index contributed by atoms with van der Waals surface area (Å²) < 4.78 is 5.04. The fraction of sp³-hybridized carbons (Fsp3) is 0.467. The van der Waals surface area contributed by atoms with Crippen LogP contribution in [0.3, 0.4) is 0 Å². The van der Waals surface area contributed by atoms with Gasteiger partial charge in [0.25, 0.3) is 5.91 Å². The summed E-state index contributed by atoms with van der Waals surface area (Å²) in [5.74, 6) is -0.0130. The second kappa shape index (κ2) is 8.66. The van der Waals surface area contributed by atoms with Gasteiger partial charge >= 0.3 is 0 Å². The van der Waals surface area contributed by atoms with E-state index in [0.717, 1.165) is 6.42 Å². The normalized spacial score (nSPS) is 10.3. The van der Waals surface area contributed by atoms with Crippen LogP contribution >= 0.6 is 12.2 Å². The van der Waals surface area contributed by atoms with Crippen LogP contribution in [0.1, 0.15) is 29.3 Å². The number of carbonyl (C=O) groups excluding carboxylic acids is 1. The van der Waals surface area contributed by atoms with E-state index in [1.807, 2.05) is 24.3 Å². The van der Waals surface area contributed by atoms with Crippen LogP contribution in [-0.4, -0.2) is 42.6 Å². The van der Waals surface area contributed by atoms with Crippen molar-refractivity contribution in [3.05, 3.63) is 35.4 Å². The van der Waals surface area contributed by atoms with Gasteiger partial charge in [-0.3, -0.25) is 4.79 Å². The molecule has 20 heavy (non-hydrogen) atoms. The molecule has 0 saturated carbocycles. The van der Waals surface area contributed by atoms with E-state index in [1.54, 1.807) is 12.0 Å². The zero-order valence-electron chi connectivity index (χ0n) is 12.1. The molecule has 1 rings (SSSR count). The molecule has 0 aromatic heterocycles. The number of hydrogen-bond donors (Lipinski definition) is 1. The Kier molecular flexibility index (Phi) is 7.18. The van der Waals surface area contributed by atoms with Crippen LogP contribution in [0.2, 0.25) is 0 Å². The lowest BCUT2D eigenvalue weighted by Gasteiger charge is -2.22. The molecule has 1 amide bonds. The topological polar surface area (TPSA) is 55.6 Å². The number of aryl methyl sites for hydroxylation is 1. The quantitative estimate of drug-likeness (QED) is 0.745. The van der Waals surface area contributed by atoms with Gasteiger partial charge in [-0.25, -0.2) is 0 Å². The Bertz CT molecular complexity index is 446. The molecule has 110 valence electrons. The summed E-state index contributed by atoms with van der Waals surface area (Å²) in [6, 6.07) is 7.69. The molecule has 5 heteroatoms. The van der Waals surface area contributed by atoms with Gasteiger partial charge in [-0.1, -0.05) is 31.3 Å². The molecular formula is C15H22N2O2S. The number of ether oxygens (including phenoxy) is 1. The number of rotatable bonds is 8.